The van der Waals surface area contributed by atoms with Crippen LogP contribution in [0.4, 0.5) is 4.79 Å². The monoisotopic (exact) mass is 234 g/mol. The first kappa shape index (κ1) is 11.9. The van der Waals surface area contributed by atoms with Crippen molar-refractivity contribution in [3.8, 4) is 5.75 Å². The summed E-state index contributed by atoms with van der Waals surface area (Å²) in [5.41, 5.74) is 8.34. The summed E-state index contributed by atoms with van der Waals surface area (Å²) in [7, 11) is 0. The zero-order valence-corrected chi connectivity index (χ0v) is 10.0. The van der Waals surface area contributed by atoms with E-state index >= 15 is 0 Å². The molecule has 0 saturated heterocycles. The smallest absolute Gasteiger partial charge is 0.410 e. The lowest BCUT2D eigenvalue weighted by Gasteiger charge is -2.09. The Bertz CT molecular complexity index is 418. The van der Waals surface area contributed by atoms with Crippen molar-refractivity contribution in [3.05, 3.63) is 29.3 Å². The molecule has 0 aromatic heterocycles. The van der Waals surface area contributed by atoms with E-state index in [9.17, 15) is 4.79 Å². The Morgan fingerprint density at radius 2 is 2.41 bits per heavy atom. The number of ether oxygens (including phenoxy) is 1. The number of fused-ring (bicyclic) bond motifs is 1. The summed E-state index contributed by atoms with van der Waals surface area (Å²) in [5, 5.41) is 2.67. The zero-order chi connectivity index (χ0) is 12.3. The molecule has 1 aromatic carbocycles. The molecule has 1 atom stereocenters. The van der Waals surface area contributed by atoms with Crippen molar-refractivity contribution < 1.29 is 9.53 Å². The predicted molar refractivity (Wildman–Crippen MR) is 66.0 cm³/mol. The van der Waals surface area contributed by atoms with Gasteiger partial charge in [-0.3, -0.25) is 0 Å². The van der Waals surface area contributed by atoms with Crippen LogP contribution in [-0.4, -0.2) is 12.6 Å². The molecule has 4 heteroatoms. The molecule has 3 N–H and O–H groups in total. The fraction of sp³-hybridized carbons (Fsp3) is 0.462. The quantitative estimate of drug-likeness (QED) is 0.842. The number of carbonyl (C=O) groups excluding carboxylic acids is 1. The van der Waals surface area contributed by atoms with Gasteiger partial charge in [-0.2, -0.15) is 0 Å². The zero-order valence-electron chi connectivity index (χ0n) is 10.0. The highest BCUT2D eigenvalue weighted by Gasteiger charge is 2.19. The van der Waals surface area contributed by atoms with Crippen molar-refractivity contribution >= 4 is 6.09 Å². The normalized spacial score (nSPS) is 17.6. The Kier molecular flexibility index (Phi) is 3.64. The van der Waals surface area contributed by atoms with E-state index < -0.39 is 6.09 Å². The Balaban J connectivity index is 2.03. The van der Waals surface area contributed by atoms with Crippen molar-refractivity contribution in [1.29, 1.82) is 0 Å². The molecule has 1 aromatic rings. The second-order valence-corrected chi connectivity index (χ2v) is 4.32. The first-order chi connectivity index (χ1) is 8.20. The molecule has 1 amide bonds. The molecule has 17 heavy (non-hydrogen) atoms. The van der Waals surface area contributed by atoms with Gasteiger partial charge >= 0.3 is 6.09 Å². The minimum atomic E-state index is -0.404. The molecule has 0 unspecified atom stereocenters. The molecular formula is C13H18N2O2. The number of benzene rings is 1. The van der Waals surface area contributed by atoms with Crippen molar-refractivity contribution in [1.82, 2.24) is 5.32 Å². The minimum Gasteiger partial charge on any atom is -0.410 e. The van der Waals surface area contributed by atoms with Crippen LogP contribution in [0.5, 0.6) is 5.75 Å². The van der Waals surface area contributed by atoms with Gasteiger partial charge in [-0.1, -0.05) is 13.0 Å². The first-order valence-electron chi connectivity index (χ1n) is 6.04. The van der Waals surface area contributed by atoms with Gasteiger partial charge in [0.05, 0.1) is 0 Å². The van der Waals surface area contributed by atoms with Gasteiger partial charge in [0.1, 0.15) is 5.75 Å². The third kappa shape index (κ3) is 2.77. The summed E-state index contributed by atoms with van der Waals surface area (Å²) in [6.45, 7) is 2.62. The van der Waals surface area contributed by atoms with Crippen LogP contribution < -0.4 is 15.8 Å². The molecule has 0 radical (unpaired) electrons. The third-order valence-corrected chi connectivity index (χ3v) is 2.97. The highest BCUT2D eigenvalue weighted by Crippen LogP contribution is 2.31. The summed E-state index contributed by atoms with van der Waals surface area (Å²) >= 11 is 0. The summed E-state index contributed by atoms with van der Waals surface area (Å²) in [6.07, 6.45) is 2.47. The Hall–Kier alpha value is -1.55. The number of nitrogens with one attached hydrogen (secondary N) is 1. The van der Waals surface area contributed by atoms with Gasteiger partial charge in [0.15, 0.2) is 0 Å². The van der Waals surface area contributed by atoms with Crippen LogP contribution in [-0.2, 0) is 6.42 Å². The molecule has 0 fully saturated rings. The van der Waals surface area contributed by atoms with Crippen molar-refractivity contribution in [2.75, 3.05) is 6.54 Å². The van der Waals surface area contributed by atoms with Crippen LogP contribution in [0.25, 0.3) is 0 Å². The van der Waals surface area contributed by atoms with E-state index in [2.05, 4.69) is 5.32 Å². The van der Waals surface area contributed by atoms with Gasteiger partial charge < -0.3 is 15.8 Å². The van der Waals surface area contributed by atoms with E-state index in [1.807, 2.05) is 25.1 Å². The molecule has 1 aliphatic carbocycles. The van der Waals surface area contributed by atoms with Crippen LogP contribution in [0.1, 0.15) is 36.9 Å². The third-order valence-electron chi connectivity index (χ3n) is 2.97. The predicted octanol–water partition coefficient (Wildman–Crippen LogP) is 2.13. The Morgan fingerprint density at radius 1 is 1.59 bits per heavy atom. The molecule has 0 aliphatic heterocycles. The van der Waals surface area contributed by atoms with Crippen LogP contribution in [0.2, 0.25) is 0 Å². The molecule has 1 aliphatic rings. The van der Waals surface area contributed by atoms with E-state index in [1.165, 1.54) is 5.56 Å². The maximum Gasteiger partial charge on any atom is 0.412 e. The van der Waals surface area contributed by atoms with Crippen molar-refractivity contribution in [2.45, 2.75) is 32.2 Å². The molecule has 0 saturated carbocycles. The average Bonchev–Trinajstić information content (AvgIpc) is 2.68. The van der Waals surface area contributed by atoms with E-state index in [0.717, 1.165) is 24.8 Å². The van der Waals surface area contributed by atoms with Crippen molar-refractivity contribution in [2.24, 2.45) is 5.73 Å². The summed E-state index contributed by atoms with van der Waals surface area (Å²) < 4.78 is 5.18. The van der Waals surface area contributed by atoms with E-state index in [0.29, 0.717) is 12.3 Å². The molecule has 4 nitrogen and oxygen atoms in total. The highest BCUT2D eigenvalue weighted by atomic mass is 16.6. The Labute approximate surface area is 101 Å². The van der Waals surface area contributed by atoms with Gasteiger partial charge in [0, 0.05) is 12.6 Å². The van der Waals surface area contributed by atoms with Crippen LogP contribution >= 0.6 is 0 Å². The molecule has 0 heterocycles. The minimum absolute atomic E-state index is 0.0762. The number of hydrogen-bond acceptors (Lipinski definition) is 3. The van der Waals surface area contributed by atoms with Gasteiger partial charge in [-0.25, -0.2) is 4.79 Å². The van der Waals surface area contributed by atoms with Crippen LogP contribution in [0, 0.1) is 0 Å². The lowest BCUT2D eigenvalue weighted by molar-refractivity contribution is 0.200. The first-order valence-corrected chi connectivity index (χ1v) is 6.04. The summed E-state index contributed by atoms with van der Waals surface area (Å²) in [4.78, 5) is 11.4. The van der Waals surface area contributed by atoms with Gasteiger partial charge in [0.25, 0.3) is 0 Å². The number of aryl methyl sites for hydroxylation is 1. The topological polar surface area (TPSA) is 64.3 Å². The van der Waals surface area contributed by atoms with Gasteiger partial charge in [-0.15, -0.1) is 0 Å². The van der Waals surface area contributed by atoms with E-state index in [1.54, 1.807) is 0 Å². The summed E-state index contributed by atoms with van der Waals surface area (Å²) in [6, 6.07) is 5.76. The van der Waals surface area contributed by atoms with Gasteiger partial charge in [-0.05, 0) is 42.5 Å². The van der Waals surface area contributed by atoms with Crippen molar-refractivity contribution in [3.63, 3.8) is 0 Å². The standard InChI is InChI=1S/C13H18N2O2/c1-2-7-15-13(16)17-10-5-3-9-4-6-12(14)11(9)8-10/h3,5,8,12H,2,4,6-7,14H2,1H3,(H,15,16)/t12-/m0/s1. The molecule has 0 bridgehead atoms. The number of amides is 1. The Morgan fingerprint density at radius 3 is 3.18 bits per heavy atom. The van der Waals surface area contributed by atoms with Gasteiger partial charge in [0.2, 0.25) is 0 Å². The fourth-order valence-corrected chi connectivity index (χ4v) is 2.05. The second kappa shape index (κ2) is 5.19. The van der Waals surface area contributed by atoms with Crippen LogP contribution in [0.15, 0.2) is 18.2 Å². The van der Waals surface area contributed by atoms with E-state index in [-0.39, 0.29) is 6.04 Å². The maximum absolute atomic E-state index is 11.4. The lowest BCUT2D eigenvalue weighted by Crippen LogP contribution is -2.27. The fourth-order valence-electron chi connectivity index (χ4n) is 2.05. The number of nitrogens with two attached hydrogens (primary N) is 1. The number of carbonyl (C=O) groups is 1. The average molecular weight is 234 g/mol. The van der Waals surface area contributed by atoms with Crippen LogP contribution in [0.3, 0.4) is 0 Å². The molecule has 92 valence electrons. The molecular weight excluding hydrogens is 216 g/mol. The lowest BCUT2D eigenvalue weighted by atomic mass is 10.1. The molecule has 2 rings (SSSR count). The second-order valence-electron chi connectivity index (χ2n) is 4.32. The largest absolute Gasteiger partial charge is 0.412 e. The SMILES string of the molecule is CCCNC(=O)Oc1ccc2c(c1)[C@@H](N)CC2. The highest BCUT2D eigenvalue weighted by molar-refractivity contribution is 5.70. The molecule has 0 spiro atoms. The number of rotatable bonds is 3. The number of hydrogen-bond donors (Lipinski definition) is 2. The summed E-state index contributed by atoms with van der Waals surface area (Å²) in [5.74, 6) is 0.565. The maximum atomic E-state index is 11.4. The van der Waals surface area contributed by atoms with E-state index in [4.69, 9.17) is 10.5 Å².